The van der Waals surface area contributed by atoms with Crippen LogP contribution in [0.5, 0.6) is 5.88 Å². The molecule has 2 atom stereocenters. The van der Waals surface area contributed by atoms with Crippen molar-refractivity contribution in [2.45, 2.75) is 57.3 Å². The van der Waals surface area contributed by atoms with Gasteiger partial charge in [0.1, 0.15) is 17.4 Å². The number of Topliss-reactive ketones (excluding diaryl/α,β-unsaturated/α-hetero) is 1. The van der Waals surface area contributed by atoms with Gasteiger partial charge in [-0.15, -0.1) is 5.10 Å². The number of nitrogens with one attached hydrogen (secondary N) is 2. The van der Waals surface area contributed by atoms with Crippen molar-refractivity contribution in [2.24, 2.45) is 22.2 Å². The molecule has 3 saturated carbocycles. The van der Waals surface area contributed by atoms with E-state index in [2.05, 4.69) is 20.5 Å². The first-order valence-corrected chi connectivity index (χ1v) is 14.6. The van der Waals surface area contributed by atoms with Crippen LogP contribution in [0.4, 0.5) is 19.4 Å². The van der Waals surface area contributed by atoms with E-state index in [4.69, 9.17) is 9.73 Å². The van der Waals surface area contributed by atoms with Gasteiger partial charge in [0.15, 0.2) is 5.82 Å². The number of ketones is 1. The molecule has 1 amide bonds. The van der Waals surface area contributed by atoms with Crippen LogP contribution < -0.4 is 10.1 Å². The zero-order valence-corrected chi connectivity index (χ0v) is 23.0. The number of nitrogens with zero attached hydrogens (tertiary/aromatic N) is 3. The maximum absolute atomic E-state index is 13.8. The van der Waals surface area contributed by atoms with Crippen molar-refractivity contribution in [3.8, 4) is 17.0 Å². The van der Waals surface area contributed by atoms with Gasteiger partial charge < -0.3 is 10.1 Å². The molecular formula is C32H31F2N5O3. The van der Waals surface area contributed by atoms with Crippen molar-refractivity contribution in [1.29, 1.82) is 0 Å². The standard InChI is InChI=1S/C32H31F2N5O3/c33-21-11-20(12-22(34)13-21)19-5-6-23(35-17-19)7-8-24-27-25(14-32(15-26(27)40)9-1-2-10-32)37-29-28(24)30(39-38-29)42-31(41)36-16-18-3-4-18/h5-8,11-13,17-18,24,27H,1-4,9-10,14-16H2,(H,36,41)(H,38,39). The van der Waals surface area contributed by atoms with E-state index in [-0.39, 0.29) is 17.1 Å². The summed E-state index contributed by atoms with van der Waals surface area (Å²) in [4.78, 5) is 35.7. The minimum absolute atomic E-state index is 0.0198. The third kappa shape index (κ3) is 5.26. The fraction of sp³-hybridized carbons (Fsp3) is 0.406. The third-order valence-electron chi connectivity index (χ3n) is 9.05. The molecule has 3 aliphatic carbocycles. The minimum atomic E-state index is -0.657. The minimum Gasteiger partial charge on any atom is -0.389 e. The van der Waals surface area contributed by atoms with Crippen molar-refractivity contribution in [3.63, 3.8) is 0 Å². The molecule has 2 N–H and O–H groups in total. The number of H-pyrrole nitrogens is 1. The Kier molecular flexibility index (Phi) is 6.71. The Morgan fingerprint density at radius 1 is 1.10 bits per heavy atom. The van der Waals surface area contributed by atoms with Crippen LogP contribution in [0.3, 0.4) is 0 Å². The number of fused-ring (bicyclic) bond motifs is 2. The molecule has 2 unspecified atom stereocenters. The summed E-state index contributed by atoms with van der Waals surface area (Å²) in [6.07, 6.45) is 12.5. The number of carbonyl (C=O) groups excluding carboxylic acids is 2. The Bertz CT molecular complexity index is 1580. The molecule has 4 aliphatic rings. The number of halogens is 2. The average Bonchev–Trinajstić information content (AvgIpc) is 3.57. The zero-order chi connectivity index (χ0) is 28.8. The summed E-state index contributed by atoms with van der Waals surface area (Å²) in [5.41, 5.74) is 2.97. The zero-order valence-electron chi connectivity index (χ0n) is 23.0. The van der Waals surface area contributed by atoms with Gasteiger partial charge in [-0.3, -0.25) is 14.9 Å². The molecule has 3 heterocycles. The monoisotopic (exact) mass is 571 g/mol. The summed E-state index contributed by atoms with van der Waals surface area (Å²) in [7, 11) is 0. The molecule has 1 aromatic carbocycles. The van der Waals surface area contributed by atoms with Gasteiger partial charge in [-0.25, -0.2) is 18.6 Å². The molecule has 7 rings (SSSR count). The van der Waals surface area contributed by atoms with E-state index in [1.807, 2.05) is 12.2 Å². The number of pyridine rings is 1. The first-order chi connectivity index (χ1) is 20.4. The number of allylic oxidation sites excluding steroid dienone is 1. The van der Waals surface area contributed by atoms with Gasteiger partial charge in [-0.05, 0) is 73.3 Å². The topological polar surface area (TPSA) is 109 Å². The number of amides is 1. The SMILES string of the molecule is O=C(NCC1CC1)Oc1n[nH]c2c1C(C=Cc1ccc(-c3cc(F)cc(F)c3)cn1)C1C(=O)CC3(CCCC3)CC1=N2. The number of ether oxygens (including phenoxy) is 1. The number of hydrogen-bond donors (Lipinski definition) is 2. The van der Waals surface area contributed by atoms with Crippen molar-refractivity contribution in [2.75, 3.05) is 6.54 Å². The lowest BCUT2D eigenvalue weighted by Crippen LogP contribution is -2.43. The number of aliphatic imine (C=N–C) groups is 1. The fourth-order valence-corrected chi connectivity index (χ4v) is 6.79. The van der Waals surface area contributed by atoms with E-state index in [0.29, 0.717) is 47.1 Å². The smallest absolute Gasteiger partial charge is 0.389 e. The van der Waals surface area contributed by atoms with Crippen LogP contribution in [0.2, 0.25) is 0 Å². The Morgan fingerprint density at radius 3 is 2.60 bits per heavy atom. The number of benzene rings is 1. The predicted molar refractivity (Wildman–Crippen MR) is 152 cm³/mol. The molecule has 216 valence electrons. The molecular weight excluding hydrogens is 540 g/mol. The van der Waals surface area contributed by atoms with Crippen molar-refractivity contribution < 1.29 is 23.1 Å². The van der Waals surface area contributed by atoms with E-state index in [1.165, 1.54) is 12.1 Å². The molecule has 42 heavy (non-hydrogen) atoms. The summed E-state index contributed by atoms with van der Waals surface area (Å²) in [5.74, 6) is -1.00. The third-order valence-corrected chi connectivity index (χ3v) is 9.05. The molecule has 10 heteroatoms. The quantitative estimate of drug-likeness (QED) is 0.343. The van der Waals surface area contributed by atoms with E-state index < -0.39 is 29.6 Å². The van der Waals surface area contributed by atoms with Crippen molar-refractivity contribution in [1.82, 2.24) is 20.5 Å². The molecule has 1 aliphatic heterocycles. The summed E-state index contributed by atoms with van der Waals surface area (Å²) in [5, 5.41) is 10.0. The van der Waals surface area contributed by atoms with E-state index in [0.717, 1.165) is 56.7 Å². The largest absolute Gasteiger partial charge is 0.414 e. The highest BCUT2D eigenvalue weighted by molar-refractivity contribution is 6.11. The molecule has 1 spiro atoms. The van der Waals surface area contributed by atoms with Gasteiger partial charge in [-0.2, -0.15) is 0 Å². The first kappa shape index (κ1) is 26.7. The highest BCUT2D eigenvalue weighted by atomic mass is 19.1. The average molecular weight is 572 g/mol. The van der Waals surface area contributed by atoms with Crippen LogP contribution >= 0.6 is 0 Å². The summed E-state index contributed by atoms with van der Waals surface area (Å²) in [6.45, 7) is 0.560. The highest BCUT2D eigenvalue weighted by Gasteiger charge is 2.50. The van der Waals surface area contributed by atoms with Crippen molar-refractivity contribution in [3.05, 3.63) is 65.5 Å². The summed E-state index contributed by atoms with van der Waals surface area (Å²) < 4.78 is 33.1. The van der Waals surface area contributed by atoms with Crippen LogP contribution in [0.25, 0.3) is 17.2 Å². The molecule has 3 aromatic rings. The Morgan fingerprint density at radius 2 is 1.88 bits per heavy atom. The van der Waals surface area contributed by atoms with Crippen LogP contribution in [0, 0.1) is 28.9 Å². The Labute approximate surface area is 241 Å². The molecule has 0 radical (unpaired) electrons. The number of hydrogen-bond acceptors (Lipinski definition) is 6. The molecule has 2 aromatic heterocycles. The number of aromatic amines is 1. The van der Waals surface area contributed by atoms with E-state index in [1.54, 1.807) is 18.3 Å². The second-order valence-electron chi connectivity index (χ2n) is 12.1. The maximum atomic E-state index is 13.8. The summed E-state index contributed by atoms with van der Waals surface area (Å²) in [6, 6.07) is 6.84. The lowest BCUT2D eigenvalue weighted by atomic mass is 9.63. The second kappa shape index (κ2) is 10.6. The fourth-order valence-electron chi connectivity index (χ4n) is 6.79. The van der Waals surface area contributed by atoms with Gasteiger partial charge in [-0.1, -0.05) is 25.0 Å². The van der Waals surface area contributed by atoms with Gasteiger partial charge in [0.25, 0.3) is 0 Å². The molecule has 3 fully saturated rings. The highest BCUT2D eigenvalue weighted by Crippen LogP contribution is 2.54. The Balaban J connectivity index is 1.19. The number of carbonyl (C=O) groups is 2. The van der Waals surface area contributed by atoms with Crippen LogP contribution in [-0.4, -0.2) is 39.3 Å². The lowest BCUT2D eigenvalue weighted by molar-refractivity contribution is -0.124. The number of rotatable bonds is 6. The van der Waals surface area contributed by atoms with Crippen LogP contribution in [-0.2, 0) is 4.79 Å². The normalized spacial score (nSPS) is 22.6. The Hall–Kier alpha value is -4.21. The van der Waals surface area contributed by atoms with Crippen LogP contribution in [0.15, 0.2) is 47.6 Å². The van der Waals surface area contributed by atoms with Crippen molar-refractivity contribution >= 4 is 29.5 Å². The number of aromatic nitrogens is 3. The molecule has 8 nitrogen and oxygen atoms in total. The predicted octanol–water partition coefficient (Wildman–Crippen LogP) is 6.67. The molecule has 0 bridgehead atoms. The first-order valence-electron chi connectivity index (χ1n) is 14.6. The molecule has 0 saturated heterocycles. The van der Waals surface area contributed by atoms with Gasteiger partial charge in [0, 0.05) is 42.4 Å². The summed E-state index contributed by atoms with van der Waals surface area (Å²) >= 11 is 0. The van der Waals surface area contributed by atoms with Gasteiger partial charge in [0.2, 0.25) is 5.88 Å². The lowest BCUT2D eigenvalue weighted by Gasteiger charge is -2.41. The van der Waals surface area contributed by atoms with Gasteiger partial charge >= 0.3 is 6.09 Å². The van der Waals surface area contributed by atoms with E-state index >= 15 is 0 Å². The van der Waals surface area contributed by atoms with Crippen LogP contribution in [0.1, 0.15) is 68.5 Å². The maximum Gasteiger partial charge on any atom is 0.414 e. The second-order valence-corrected chi connectivity index (χ2v) is 12.1. The van der Waals surface area contributed by atoms with Gasteiger partial charge in [0.05, 0.1) is 17.2 Å². The van der Waals surface area contributed by atoms with E-state index in [9.17, 15) is 18.4 Å².